The molecular weight excluding hydrogens is 517 g/mol. The minimum atomic E-state index is -2.82. The fraction of sp³-hybridized carbons (Fsp3) is 0.588. The van der Waals surface area contributed by atoms with Crippen molar-refractivity contribution in [2.24, 2.45) is 10.9 Å². The lowest BCUT2D eigenvalue weighted by atomic mass is 9.96. The van der Waals surface area contributed by atoms with Crippen LogP contribution in [0, 0.1) is 5.92 Å². The second-order valence-corrected chi connectivity index (χ2v) is 9.92. The zero-order valence-electron chi connectivity index (χ0n) is 14.3. The molecule has 1 saturated carbocycles. The minimum Gasteiger partial charge on any atom is -0.356 e. The first-order chi connectivity index (χ1) is 11.4. The van der Waals surface area contributed by atoms with Gasteiger partial charge in [0.25, 0.3) is 0 Å². The Kier molecular flexibility index (Phi) is 7.17. The lowest BCUT2D eigenvalue weighted by Crippen LogP contribution is -2.43. The van der Waals surface area contributed by atoms with Crippen LogP contribution in [-0.4, -0.2) is 46.0 Å². The largest absolute Gasteiger partial charge is 0.356 e. The first-order valence-electron chi connectivity index (χ1n) is 8.34. The zero-order chi connectivity index (χ0) is 17.2. The van der Waals surface area contributed by atoms with Crippen molar-refractivity contribution in [2.75, 3.05) is 31.6 Å². The maximum absolute atomic E-state index is 11.5. The van der Waals surface area contributed by atoms with Gasteiger partial charge in [0.1, 0.15) is 0 Å². The van der Waals surface area contributed by atoms with Crippen molar-refractivity contribution in [3.63, 3.8) is 0 Å². The van der Waals surface area contributed by atoms with Gasteiger partial charge >= 0.3 is 0 Å². The first-order valence-corrected chi connectivity index (χ1v) is 11.0. The van der Waals surface area contributed by atoms with Crippen molar-refractivity contribution < 1.29 is 8.42 Å². The van der Waals surface area contributed by atoms with E-state index in [1.54, 1.807) is 7.05 Å². The monoisotopic (exact) mass is 541 g/mol. The number of hydrogen-bond donors (Lipinski definition) is 2. The first kappa shape index (κ1) is 21.0. The van der Waals surface area contributed by atoms with E-state index in [-0.39, 0.29) is 41.1 Å². The molecular formula is C17H25BrIN3O2S. The number of rotatable bonds is 5. The quantitative estimate of drug-likeness (QED) is 0.341. The van der Waals surface area contributed by atoms with E-state index in [1.165, 1.54) is 18.4 Å². The SMILES string of the molecule is CN=C(NCC1CCS(=O)(=O)C1)NCC1(c2ccccc2Br)CC1.I. The molecule has 140 valence electrons. The molecule has 0 spiro atoms. The van der Waals surface area contributed by atoms with Crippen molar-refractivity contribution in [3.8, 4) is 0 Å². The van der Waals surface area contributed by atoms with Gasteiger partial charge in [-0.25, -0.2) is 8.42 Å². The van der Waals surface area contributed by atoms with Gasteiger partial charge in [-0.15, -0.1) is 24.0 Å². The summed E-state index contributed by atoms with van der Waals surface area (Å²) in [5.74, 6) is 1.54. The summed E-state index contributed by atoms with van der Waals surface area (Å²) < 4.78 is 24.2. The number of aliphatic imine (C=N–C) groups is 1. The molecule has 8 heteroatoms. The second kappa shape index (κ2) is 8.56. The predicted octanol–water partition coefficient (Wildman–Crippen LogP) is 2.70. The third-order valence-electron chi connectivity index (χ3n) is 5.00. The third-order valence-corrected chi connectivity index (χ3v) is 7.53. The average molecular weight is 542 g/mol. The predicted molar refractivity (Wildman–Crippen MR) is 117 cm³/mol. The summed E-state index contributed by atoms with van der Waals surface area (Å²) >= 11 is 3.65. The molecule has 5 nitrogen and oxygen atoms in total. The summed E-state index contributed by atoms with van der Waals surface area (Å²) in [6.07, 6.45) is 3.08. The Morgan fingerprint density at radius 1 is 1.32 bits per heavy atom. The van der Waals surface area contributed by atoms with E-state index in [1.807, 2.05) is 6.07 Å². The average Bonchev–Trinajstić information content (AvgIpc) is 3.25. The molecule has 1 heterocycles. The van der Waals surface area contributed by atoms with Gasteiger partial charge in [-0.05, 0) is 36.8 Å². The van der Waals surface area contributed by atoms with Crippen LogP contribution in [0.3, 0.4) is 0 Å². The van der Waals surface area contributed by atoms with E-state index < -0.39 is 9.84 Å². The Balaban J connectivity index is 0.00000225. The highest BCUT2D eigenvalue weighted by Crippen LogP contribution is 2.49. The van der Waals surface area contributed by atoms with Gasteiger partial charge in [0, 0.05) is 30.0 Å². The number of benzene rings is 1. The van der Waals surface area contributed by atoms with Gasteiger partial charge in [0.2, 0.25) is 0 Å². The van der Waals surface area contributed by atoms with Crippen molar-refractivity contribution >= 4 is 55.7 Å². The van der Waals surface area contributed by atoms with E-state index >= 15 is 0 Å². The summed E-state index contributed by atoms with van der Waals surface area (Å²) in [7, 11) is -1.07. The molecule has 0 radical (unpaired) electrons. The van der Waals surface area contributed by atoms with Crippen LogP contribution >= 0.6 is 39.9 Å². The summed E-state index contributed by atoms with van der Waals surface area (Å²) in [5, 5.41) is 6.69. The highest BCUT2D eigenvalue weighted by Gasteiger charge is 2.45. The molecule has 0 aromatic heterocycles. The van der Waals surface area contributed by atoms with Gasteiger partial charge in [0.05, 0.1) is 11.5 Å². The number of halogens is 2. The summed E-state index contributed by atoms with van der Waals surface area (Å²) in [5.41, 5.74) is 1.52. The zero-order valence-corrected chi connectivity index (χ0v) is 19.0. The number of nitrogens with zero attached hydrogens (tertiary/aromatic N) is 1. The van der Waals surface area contributed by atoms with Gasteiger partial charge in [-0.2, -0.15) is 0 Å². The van der Waals surface area contributed by atoms with Gasteiger partial charge < -0.3 is 10.6 Å². The van der Waals surface area contributed by atoms with Gasteiger partial charge in [-0.1, -0.05) is 34.1 Å². The van der Waals surface area contributed by atoms with Crippen LogP contribution in [0.4, 0.5) is 0 Å². The molecule has 2 fully saturated rings. The molecule has 2 N–H and O–H groups in total. The lowest BCUT2D eigenvalue weighted by Gasteiger charge is -2.21. The number of nitrogens with one attached hydrogen (secondary N) is 2. The number of hydrogen-bond acceptors (Lipinski definition) is 3. The Morgan fingerprint density at radius 3 is 2.60 bits per heavy atom. The molecule has 1 saturated heterocycles. The molecule has 1 aromatic rings. The van der Waals surface area contributed by atoms with Crippen LogP contribution < -0.4 is 10.6 Å². The number of sulfone groups is 1. The van der Waals surface area contributed by atoms with Crippen LogP contribution in [0.15, 0.2) is 33.7 Å². The van der Waals surface area contributed by atoms with E-state index in [0.29, 0.717) is 12.3 Å². The topological polar surface area (TPSA) is 70.6 Å². The minimum absolute atomic E-state index is 0. The molecule has 0 amide bonds. The lowest BCUT2D eigenvalue weighted by molar-refractivity contribution is 0.562. The van der Waals surface area contributed by atoms with Crippen molar-refractivity contribution in [2.45, 2.75) is 24.7 Å². The highest BCUT2D eigenvalue weighted by atomic mass is 127. The Bertz CT molecular complexity index is 735. The number of guanidine groups is 1. The molecule has 1 atom stereocenters. The van der Waals surface area contributed by atoms with E-state index in [4.69, 9.17) is 0 Å². The summed E-state index contributed by atoms with van der Waals surface area (Å²) in [6, 6.07) is 8.38. The van der Waals surface area contributed by atoms with Crippen LogP contribution in [0.25, 0.3) is 0 Å². The third kappa shape index (κ3) is 5.32. The Morgan fingerprint density at radius 2 is 2.04 bits per heavy atom. The molecule has 1 aliphatic carbocycles. The fourth-order valence-electron chi connectivity index (χ4n) is 3.33. The molecule has 1 aliphatic heterocycles. The standard InChI is InChI=1S/C17H24BrN3O2S.HI/c1-19-16(20-10-13-6-9-24(22,23)11-13)21-12-17(7-8-17)14-4-2-3-5-15(14)18;/h2-5,13H,6-12H2,1H3,(H2,19,20,21);1H. The highest BCUT2D eigenvalue weighted by molar-refractivity contribution is 14.0. The van der Waals surface area contributed by atoms with Crippen molar-refractivity contribution in [1.29, 1.82) is 0 Å². The fourth-order valence-corrected chi connectivity index (χ4v) is 5.90. The maximum atomic E-state index is 11.5. The van der Waals surface area contributed by atoms with Crippen LogP contribution in [-0.2, 0) is 15.3 Å². The summed E-state index contributed by atoms with van der Waals surface area (Å²) in [6.45, 7) is 1.49. The maximum Gasteiger partial charge on any atom is 0.191 e. The van der Waals surface area contributed by atoms with Crippen LogP contribution in [0.5, 0.6) is 0 Å². The summed E-state index contributed by atoms with van der Waals surface area (Å²) in [4.78, 5) is 4.27. The van der Waals surface area contributed by atoms with Crippen LogP contribution in [0.2, 0.25) is 0 Å². The Hall–Kier alpha value is -0.350. The smallest absolute Gasteiger partial charge is 0.191 e. The molecule has 0 bridgehead atoms. The van der Waals surface area contributed by atoms with Crippen LogP contribution in [0.1, 0.15) is 24.8 Å². The molecule has 1 unspecified atom stereocenters. The van der Waals surface area contributed by atoms with Gasteiger partial charge in [0.15, 0.2) is 15.8 Å². The molecule has 2 aliphatic rings. The van der Waals surface area contributed by atoms with E-state index in [2.05, 4.69) is 49.8 Å². The molecule has 3 rings (SSSR count). The Labute approximate surface area is 175 Å². The van der Waals surface area contributed by atoms with Crippen molar-refractivity contribution in [1.82, 2.24) is 10.6 Å². The van der Waals surface area contributed by atoms with Crippen molar-refractivity contribution in [3.05, 3.63) is 34.3 Å². The second-order valence-electron chi connectivity index (χ2n) is 6.84. The van der Waals surface area contributed by atoms with Gasteiger partial charge in [-0.3, -0.25) is 4.99 Å². The van der Waals surface area contributed by atoms with E-state index in [9.17, 15) is 8.42 Å². The normalized spacial score (nSPS) is 23.6. The molecule has 25 heavy (non-hydrogen) atoms. The molecule has 1 aromatic carbocycles. The van der Waals surface area contributed by atoms with E-state index in [0.717, 1.165) is 23.4 Å².